The zero-order valence-corrected chi connectivity index (χ0v) is 14.5. The first-order valence-corrected chi connectivity index (χ1v) is 8.38. The number of hydrogen-bond acceptors (Lipinski definition) is 8. The summed E-state index contributed by atoms with van der Waals surface area (Å²) in [5.41, 5.74) is 0.536. The highest BCUT2D eigenvalue weighted by molar-refractivity contribution is 5.92. The van der Waals surface area contributed by atoms with E-state index in [0.29, 0.717) is 18.5 Å². The first kappa shape index (κ1) is 22.0. The Labute approximate surface area is 147 Å². The minimum absolute atomic E-state index is 0.0686. The van der Waals surface area contributed by atoms with Crippen LogP contribution in [0.5, 0.6) is 0 Å². The monoisotopic (exact) mass is 363 g/mol. The maximum absolute atomic E-state index is 11.6. The number of carbonyl (C=O) groups excluding carboxylic acids is 1. The summed E-state index contributed by atoms with van der Waals surface area (Å²) in [4.78, 5) is 11.6. The molecule has 1 amide bonds. The molecule has 146 valence electrons. The minimum atomic E-state index is -1.47. The Kier molecular flexibility index (Phi) is 10.1. The summed E-state index contributed by atoms with van der Waals surface area (Å²) in [6.07, 6.45) is -4.98. The lowest BCUT2D eigenvalue weighted by Crippen LogP contribution is -2.59. The summed E-state index contributed by atoms with van der Waals surface area (Å²) >= 11 is 0. The number of rotatable bonds is 11. The molecule has 9 heteroatoms. The highest BCUT2D eigenvalue weighted by atomic mass is 16.7. The van der Waals surface area contributed by atoms with Crippen molar-refractivity contribution in [1.29, 1.82) is 0 Å². The van der Waals surface area contributed by atoms with Crippen molar-refractivity contribution in [3.63, 3.8) is 0 Å². The second-order valence-electron chi connectivity index (χ2n) is 5.79. The van der Waals surface area contributed by atoms with Gasteiger partial charge in [0, 0.05) is 12.1 Å². The van der Waals surface area contributed by atoms with Gasteiger partial charge in [-0.1, -0.05) is 19.9 Å². The molecule has 1 rings (SSSR count). The van der Waals surface area contributed by atoms with Crippen molar-refractivity contribution in [2.24, 2.45) is 0 Å². The third kappa shape index (κ3) is 6.98. The number of ether oxygens (including phenoxy) is 3. The fourth-order valence-electron chi connectivity index (χ4n) is 2.31. The molecule has 1 heterocycles. The van der Waals surface area contributed by atoms with Crippen LogP contribution >= 0.6 is 0 Å². The van der Waals surface area contributed by atoms with E-state index >= 15 is 0 Å². The van der Waals surface area contributed by atoms with Gasteiger partial charge in [-0.15, -0.1) is 0 Å². The van der Waals surface area contributed by atoms with Crippen molar-refractivity contribution in [2.75, 3.05) is 33.0 Å². The van der Waals surface area contributed by atoms with Crippen LogP contribution in [0.4, 0.5) is 0 Å². The van der Waals surface area contributed by atoms with Crippen molar-refractivity contribution < 1.29 is 39.4 Å². The van der Waals surface area contributed by atoms with Gasteiger partial charge in [-0.3, -0.25) is 4.79 Å². The minimum Gasteiger partial charge on any atom is -0.394 e. The number of amides is 1. The van der Waals surface area contributed by atoms with E-state index in [1.165, 1.54) is 0 Å². The second-order valence-corrected chi connectivity index (χ2v) is 5.79. The number of hydrogen-bond donors (Lipinski definition) is 5. The van der Waals surface area contributed by atoms with Gasteiger partial charge in [0.15, 0.2) is 6.29 Å². The summed E-state index contributed by atoms with van der Waals surface area (Å²) in [5, 5.41) is 40.8. The van der Waals surface area contributed by atoms with Gasteiger partial charge in [0.05, 0.1) is 26.4 Å². The van der Waals surface area contributed by atoms with E-state index < -0.39 is 37.3 Å². The molecule has 0 radical (unpaired) electrons. The lowest BCUT2D eigenvalue weighted by molar-refractivity contribution is -0.302. The van der Waals surface area contributed by atoms with Crippen molar-refractivity contribution in [3.8, 4) is 0 Å². The van der Waals surface area contributed by atoms with E-state index in [9.17, 15) is 20.1 Å². The van der Waals surface area contributed by atoms with E-state index in [1.807, 2.05) is 6.92 Å². The van der Waals surface area contributed by atoms with E-state index in [4.69, 9.17) is 19.3 Å². The highest BCUT2D eigenvalue weighted by Crippen LogP contribution is 2.21. The fourth-order valence-corrected chi connectivity index (χ4v) is 2.31. The molecule has 0 saturated carbocycles. The molecular formula is C16H29NO8. The van der Waals surface area contributed by atoms with Gasteiger partial charge in [0.2, 0.25) is 5.91 Å². The van der Waals surface area contributed by atoms with Gasteiger partial charge in [0.1, 0.15) is 24.4 Å². The maximum Gasteiger partial charge on any atom is 0.246 e. The van der Waals surface area contributed by atoms with Gasteiger partial charge in [-0.25, -0.2) is 0 Å². The number of aliphatic hydroxyl groups excluding tert-OH is 4. The Morgan fingerprint density at radius 2 is 1.88 bits per heavy atom. The summed E-state index contributed by atoms with van der Waals surface area (Å²) in [7, 11) is 0. The van der Waals surface area contributed by atoms with Crippen LogP contribution in [-0.2, 0) is 19.0 Å². The molecule has 1 fully saturated rings. The second kappa shape index (κ2) is 11.5. The van der Waals surface area contributed by atoms with Crippen LogP contribution in [0, 0.1) is 0 Å². The van der Waals surface area contributed by atoms with Crippen molar-refractivity contribution in [2.45, 2.75) is 50.5 Å². The van der Waals surface area contributed by atoms with Gasteiger partial charge < -0.3 is 40.0 Å². The maximum atomic E-state index is 11.6. The van der Waals surface area contributed by atoms with Gasteiger partial charge in [-0.2, -0.15) is 0 Å². The van der Waals surface area contributed by atoms with E-state index in [-0.39, 0.29) is 25.7 Å². The average Bonchev–Trinajstić information content (AvgIpc) is 2.60. The van der Waals surface area contributed by atoms with Gasteiger partial charge in [0.25, 0.3) is 0 Å². The molecule has 0 aromatic rings. The highest BCUT2D eigenvalue weighted by Gasteiger charge is 2.43. The van der Waals surface area contributed by atoms with Crippen LogP contribution in [0.2, 0.25) is 0 Å². The number of carbonyl (C=O) groups is 1. The summed E-state index contributed by atoms with van der Waals surface area (Å²) in [6.45, 7) is 6.02. The standard InChI is InChI=1S/C16H29NO8/c1-3-4-10(2)15(22)17-5-6-23-7-8-24-16-14(21)13(20)12(19)11(9-18)25-16/h11-14,16,18-21H,2-9H2,1H3,(H,17,22)/t11-,12-,13+,14+,16+/m1/s1. The molecule has 1 saturated heterocycles. The number of nitrogens with one attached hydrogen (secondary N) is 1. The SMILES string of the molecule is C=C(CCC)C(=O)NCCOCCO[C@H]1O[C@H](CO)[C@@H](O)[C@H](O)[C@@H]1O. The van der Waals surface area contributed by atoms with Crippen molar-refractivity contribution >= 4 is 5.91 Å². The Morgan fingerprint density at radius 3 is 2.52 bits per heavy atom. The summed E-state index contributed by atoms with van der Waals surface area (Å²) in [6, 6.07) is 0. The smallest absolute Gasteiger partial charge is 0.246 e. The third-order valence-electron chi connectivity index (χ3n) is 3.76. The van der Waals surface area contributed by atoms with E-state index in [1.54, 1.807) is 0 Å². The Hall–Kier alpha value is -1.07. The zero-order chi connectivity index (χ0) is 18.8. The lowest BCUT2D eigenvalue weighted by atomic mass is 9.99. The molecule has 5 N–H and O–H groups in total. The summed E-state index contributed by atoms with van der Waals surface area (Å²) < 4.78 is 15.7. The van der Waals surface area contributed by atoms with Crippen LogP contribution < -0.4 is 5.32 Å². The van der Waals surface area contributed by atoms with E-state index in [2.05, 4.69) is 11.9 Å². The Bertz CT molecular complexity index is 417. The molecule has 1 aliphatic heterocycles. The lowest BCUT2D eigenvalue weighted by Gasteiger charge is -2.39. The first-order valence-electron chi connectivity index (χ1n) is 8.38. The zero-order valence-electron chi connectivity index (χ0n) is 14.5. The predicted molar refractivity (Wildman–Crippen MR) is 87.6 cm³/mol. The van der Waals surface area contributed by atoms with Gasteiger partial charge in [-0.05, 0) is 6.42 Å². The largest absolute Gasteiger partial charge is 0.394 e. The molecule has 0 aromatic carbocycles. The molecule has 25 heavy (non-hydrogen) atoms. The van der Waals surface area contributed by atoms with Gasteiger partial charge >= 0.3 is 0 Å². The van der Waals surface area contributed by atoms with Crippen LogP contribution in [0.1, 0.15) is 19.8 Å². The Morgan fingerprint density at radius 1 is 1.16 bits per heavy atom. The predicted octanol–water partition coefficient (Wildman–Crippen LogP) is -1.71. The molecular weight excluding hydrogens is 334 g/mol. The molecule has 9 nitrogen and oxygen atoms in total. The van der Waals surface area contributed by atoms with Crippen LogP contribution in [0.3, 0.4) is 0 Å². The summed E-state index contributed by atoms with van der Waals surface area (Å²) in [5.74, 6) is -0.192. The molecule has 0 aliphatic carbocycles. The molecule has 0 bridgehead atoms. The number of aliphatic hydroxyl groups is 4. The quantitative estimate of drug-likeness (QED) is 0.216. The molecule has 5 atom stereocenters. The molecule has 1 aliphatic rings. The average molecular weight is 363 g/mol. The molecule has 0 unspecified atom stereocenters. The Balaban J connectivity index is 2.15. The van der Waals surface area contributed by atoms with Crippen molar-refractivity contribution in [3.05, 3.63) is 12.2 Å². The van der Waals surface area contributed by atoms with Crippen molar-refractivity contribution in [1.82, 2.24) is 5.32 Å². The normalized spacial score (nSPS) is 29.4. The first-order chi connectivity index (χ1) is 11.9. The van der Waals surface area contributed by atoms with Crippen LogP contribution in [-0.4, -0.2) is 90.0 Å². The fraction of sp³-hybridized carbons (Fsp3) is 0.812. The molecule has 0 spiro atoms. The van der Waals surface area contributed by atoms with E-state index in [0.717, 1.165) is 6.42 Å². The van der Waals surface area contributed by atoms with Crippen LogP contribution in [0.25, 0.3) is 0 Å². The molecule has 0 aromatic heterocycles. The third-order valence-corrected chi connectivity index (χ3v) is 3.76. The topological polar surface area (TPSA) is 138 Å². The van der Waals surface area contributed by atoms with Crippen LogP contribution in [0.15, 0.2) is 12.2 Å².